The molecule has 0 bridgehead atoms. The van der Waals surface area contributed by atoms with Crippen molar-refractivity contribution < 1.29 is 9.47 Å². The molecular formula is C17H19ClO2. The average molecular weight is 291 g/mol. The van der Waals surface area contributed by atoms with Gasteiger partial charge in [-0.05, 0) is 53.8 Å². The average Bonchev–Trinajstić information content (AvgIpc) is 2.54. The Balaban J connectivity index is 1.88. The van der Waals surface area contributed by atoms with Gasteiger partial charge in [-0.25, -0.2) is 0 Å². The molecule has 1 saturated heterocycles. The number of methoxy groups -OCH3 is 1. The Morgan fingerprint density at radius 2 is 1.95 bits per heavy atom. The lowest BCUT2D eigenvalue weighted by molar-refractivity contribution is 0.0136. The van der Waals surface area contributed by atoms with Crippen LogP contribution in [0, 0.1) is 0 Å². The standard InChI is InChI=1S/C17H19ClO2/c1-19-15-8-7-12-10-14(6-5-13(12)11-15)17(18)16-4-2-3-9-20-16/h5-8,10-11,16-17H,2-4,9H2,1H3. The zero-order valence-corrected chi connectivity index (χ0v) is 12.4. The van der Waals surface area contributed by atoms with E-state index in [-0.39, 0.29) is 11.5 Å². The van der Waals surface area contributed by atoms with Crippen LogP contribution in [-0.2, 0) is 4.74 Å². The first-order valence-electron chi connectivity index (χ1n) is 7.11. The Hall–Kier alpha value is -1.25. The van der Waals surface area contributed by atoms with Gasteiger partial charge < -0.3 is 9.47 Å². The highest BCUT2D eigenvalue weighted by atomic mass is 35.5. The molecule has 2 aromatic carbocycles. The fourth-order valence-electron chi connectivity index (χ4n) is 2.75. The van der Waals surface area contributed by atoms with Gasteiger partial charge in [-0.2, -0.15) is 0 Å². The number of ether oxygens (including phenoxy) is 2. The molecule has 2 atom stereocenters. The Morgan fingerprint density at radius 3 is 2.70 bits per heavy atom. The number of halogens is 1. The van der Waals surface area contributed by atoms with Gasteiger partial charge in [0.1, 0.15) is 5.75 Å². The third kappa shape index (κ3) is 2.77. The summed E-state index contributed by atoms with van der Waals surface area (Å²) in [6.07, 6.45) is 3.55. The lowest BCUT2D eigenvalue weighted by Gasteiger charge is -2.27. The molecule has 2 aromatic rings. The van der Waals surface area contributed by atoms with Gasteiger partial charge in [-0.15, -0.1) is 11.6 Å². The highest BCUT2D eigenvalue weighted by Crippen LogP contribution is 2.33. The van der Waals surface area contributed by atoms with Gasteiger partial charge in [0.2, 0.25) is 0 Å². The highest BCUT2D eigenvalue weighted by Gasteiger charge is 2.24. The predicted octanol–water partition coefficient (Wildman–Crippen LogP) is 4.70. The van der Waals surface area contributed by atoms with Crippen molar-refractivity contribution in [1.82, 2.24) is 0 Å². The van der Waals surface area contributed by atoms with E-state index in [9.17, 15) is 0 Å². The summed E-state index contributed by atoms with van der Waals surface area (Å²) in [6.45, 7) is 0.832. The Morgan fingerprint density at radius 1 is 1.15 bits per heavy atom. The number of rotatable bonds is 3. The molecule has 2 nitrogen and oxygen atoms in total. The van der Waals surface area contributed by atoms with Crippen LogP contribution in [0.4, 0.5) is 0 Å². The minimum atomic E-state index is -0.0678. The summed E-state index contributed by atoms with van der Waals surface area (Å²) in [4.78, 5) is 0. The van der Waals surface area contributed by atoms with Gasteiger partial charge in [0.15, 0.2) is 0 Å². The molecule has 1 heterocycles. The Labute approximate surface area is 124 Å². The molecule has 2 unspecified atom stereocenters. The summed E-state index contributed by atoms with van der Waals surface area (Å²) < 4.78 is 11.0. The van der Waals surface area contributed by atoms with Crippen LogP contribution in [0.5, 0.6) is 5.75 Å². The maximum absolute atomic E-state index is 6.59. The van der Waals surface area contributed by atoms with E-state index in [0.29, 0.717) is 0 Å². The molecule has 106 valence electrons. The normalized spacial score (nSPS) is 20.8. The van der Waals surface area contributed by atoms with Crippen LogP contribution in [0.2, 0.25) is 0 Å². The molecule has 0 radical (unpaired) electrons. The van der Waals surface area contributed by atoms with Crippen LogP contribution < -0.4 is 4.74 Å². The van der Waals surface area contributed by atoms with Gasteiger partial charge in [0.25, 0.3) is 0 Å². The molecular weight excluding hydrogens is 272 g/mol. The predicted molar refractivity (Wildman–Crippen MR) is 82.7 cm³/mol. The maximum atomic E-state index is 6.59. The number of hydrogen-bond acceptors (Lipinski definition) is 2. The Kier molecular flexibility index (Phi) is 4.13. The fourth-order valence-corrected chi connectivity index (χ4v) is 3.09. The van der Waals surface area contributed by atoms with E-state index in [1.807, 2.05) is 12.1 Å². The van der Waals surface area contributed by atoms with Gasteiger partial charge in [0.05, 0.1) is 18.6 Å². The first-order valence-corrected chi connectivity index (χ1v) is 7.55. The number of hydrogen-bond donors (Lipinski definition) is 0. The van der Waals surface area contributed by atoms with E-state index in [1.54, 1.807) is 7.11 Å². The van der Waals surface area contributed by atoms with E-state index >= 15 is 0 Å². The molecule has 0 N–H and O–H groups in total. The molecule has 3 rings (SSSR count). The van der Waals surface area contributed by atoms with Crippen LogP contribution in [0.15, 0.2) is 36.4 Å². The first kappa shape index (κ1) is 13.7. The summed E-state index contributed by atoms with van der Waals surface area (Å²) >= 11 is 6.59. The molecule has 0 amide bonds. The first-order chi connectivity index (χ1) is 9.78. The van der Waals surface area contributed by atoms with Crippen LogP contribution in [0.3, 0.4) is 0 Å². The molecule has 0 spiro atoms. The highest BCUT2D eigenvalue weighted by molar-refractivity contribution is 6.21. The van der Waals surface area contributed by atoms with Gasteiger partial charge in [0, 0.05) is 6.61 Å². The number of benzene rings is 2. The van der Waals surface area contributed by atoms with Crippen LogP contribution >= 0.6 is 11.6 Å². The van der Waals surface area contributed by atoms with E-state index in [2.05, 4.69) is 24.3 Å². The van der Waals surface area contributed by atoms with Crippen molar-refractivity contribution in [2.75, 3.05) is 13.7 Å². The number of fused-ring (bicyclic) bond motifs is 1. The quantitative estimate of drug-likeness (QED) is 0.763. The van der Waals surface area contributed by atoms with E-state index in [4.69, 9.17) is 21.1 Å². The SMILES string of the molecule is COc1ccc2cc(C(Cl)C3CCCCO3)ccc2c1. The van der Waals surface area contributed by atoms with Crippen LogP contribution in [0.25, 0.3) is 10.8 Å². The zero-order valence-electron chi connectivity index (χ0n) is 11.6. The molecule has 1 aliphatic heterocycles. The summed E-state index contributed by atoms with van der Waals surface area (Å²) in [5.74, 6) is 0.878. The van der Waals surface area contributed by atoms with Gasteiger partial charge in [-0.3, -0.25) is 0 Å². The molecule has 0 aliphatic carbocycles. The van der Waals surface area contributed by atoms with Crippen LogP contribution in [-0.4, -0.2) is 19.8 Å². The summed E-state index contributed by atoms with van der Waals surface area (Å²) in [5, 5.41) is 2.29. The minimum Gasteiger partial charge on any atom is -0.497 e. The topological polar surface area (TPSA) is 18.5 Å². The summed E-state index contributed by atoms with van der Waals surface area (Å²) in [7, 11) is 1.69. The van der Waals surface area contributed by atoms with Crippen molar-refractivity contribution >= 4 is 22.4 Å². The van der Waals surface area contributed by atoms with Crippen LogP contribution in [0.1, 0.15) is 30.2 Å². The Bertz CT molecular complexity index is 591. The second-order valence-corrected chi connectivity index (χ2v) is 5.75. The van der Waals surface area contributed by atoms with Crippen molar-refractivity contribution in [3.63, 3.8) is 0 Å². The summed E-state index contributed by atoms with van der Waals surface area (Å²) in [6, 6.07) is 12.4. The lowest BCUT2D eigenvalue weighted by atomic mass is 9.98. The monoisotopic (exact) mass is 290 g/mol. The lowest BCUT2D eigenvalue weighted by Crippen LogP contribution is -2.23. The molecule has 20 heavy (non-hydrogen) atoms. The van der Waals surface area contributed by atoms with E-state index in [1.165, 1.54) is 17.2 Å². The molecule has 0 saturated carbocycles. The molecule has 1 fully saturated rings. The van der Waals surface area contributed by atoms with Crippen molar-refractivity contribution in [3.8, 4) is 5.75 Å². The number of alkyl halides is 1. The molecule has 3 heteroatoms. The molecule has 0 aromatic heterocycles. The third-order valence-electron chi connectivity index (χ3n) is 3.93. The van der Waals surface area contributed by atoms with Crippen molar-refractivity contribution in [3.05, 3.63) is 42.0 Å². The minimum absolute atomic E-state index is 0.0678. The van der Waals surface area contributed by atoms with E-state index in [0.717, 1.165) is 30.8 Å². The maximum Gasteiger partial charge on any atom is 0.119 e. The van der Waals surface area contributed by atoms with Crippen molar-refractivity contribution in [2.24, 2.45) is 0 Å². The zero-order chi connectivity index (χ0) is 13.9. The second kappa shape index (κ2) is 6.02. The summed E-state index contributed by atoms with van der Waals surface area (Å²) in [5.41, 5.74) is 1.14. The smallest absolute Gasteiger partial charge is 0.119 e. The van der Waals surface area contributed by atoms with Gasteiger partial charge in [-0.1, -0.05) is 18.2 Å². The largest absolute Gasteiger partial charge is 0.497 e. The van der Waals surface area contributed by atoms with Gasteiger partial charge >= 0.3 is 0 Å². The molecule has 1 aliphatic rings. The fraction of sp³-hybridized carbons (Fsp3) is 0.412. The van der Waals surface area contributed by atoms with Crippen molar-refractivity contribution in [1.29, 1.82) is 0 Å². The van der Waals surface area contributed by atoms with Crippen molar-refractivity contribution in [2.45, 2.75) is 30.7 Å². The second-order valence-electron chi connectivity index (χ2n) is 5.28. The third-order valence-corrected chi connectivity index (χ3v) is 4.46. The van der Waals surface area contributed by atoms with E-state index < -0.39 is 0 Å².